The fourth-order valence-corrected chi connectivity index (χ4v) is 2.69. The summed E-state index contributed by atoms with van der Waals surface area (Å²) < 4.78 is 5.20. The number of carbonyl (C=O) groups is 2. The maximum absolute atomic E-state index is 12.1. The van der Waals surface area contributed by atoms with Crippen LogP contribution in [0.4, 0.5) is 4.79 Å². The van der Waals surface area contributed by atoms with E-state index in [2.05, 4.69) is 11.9 Å². The maximum Gasteiger partial charge on any atom is 0.317 e. The number of carboxylic acid groups (broad SMARTS) is 1. The van der Waals surface area contributed by atoms with Gasteiger partial charge in [0, 0.05) is 24.6 Å². The van der Waals surface area contributed by atoms with E-state index in [4.69, 9.17) is 9.84 Å². The lowest BCUT2D eigenvalue weighted by atomic mass is 10.0. The molecule has 2 N–H and O–H groups in total. The van der Waals surface area contributed by atoms with E-state index in [0.29, 0.717) is 13.1 Å². The highest BCUT2D eigenvalue weighted by Gasteiger charge is 2.39. The van der Waals surface area contributed by atoms with Crippen molar-refractivity contribution in [3.63, 3.8) is 0 Å². The average Bonchev–Trinajstić information content (AvgIpc) is 2.89. The molecule has 20 heavy (non-hydrogen) atoms. The van der Waals surface area contributed by atoms with Crippen LogP contribution in [-0.2, 0) is 9.53 Å². The van der Waals surface area contributed by atoms with Crippen molar-refractivity contribution in [3.05, 3.63) is 12.7 Å². The van der Waals surface area contributed by atoms with Crippen molar-refractivity contribution >= 4 is 23.8 Å². The number of aliphatic carboxylic acids is 1. The fourth-order valence-electron chi connectivity index (χ4n) is 2.11. The molecule has 0 aromatic carbocycles. The molecular weight excluding hydrogens is 280 g/mol. The van der Waals surface area contributed by atoms with Gasteiger partial charge in [0.25, 0.3) is 0 Å². The summed E-state index contributed by atoms with van der Waals surface area (Å²) in [6, 6.07) is -0.619. The van der Waals surface area contributed by atoms with Gasteiger partial charge in [0.05, 0.1) is 19.3 Å². The summed E-state index contributed by atoms with van der Waals surface area (Å²) in [5.74, 6) is 0.0974. The van der Waals surface area contributed by atoms with Gasteiger partial charge in [-0.05, 0) is 6.92 Å². The van der Waals surface area contributed by atoms with Gasteiger partial charge in [0.15, 0.2) is 0 Å². The van der Waals surface area contributed by atoms with E-state index < -0.39 is 17.9 Å². The first-order valence-corrected chi connectivity index (χ1v) is 7.80. The minimum atomic E-state index is -0.916. The van der Waals surface area contributed by atoms with E-state index in [-0.39, 0.29) is 19.2 Å². The highest BCUT2D eigenvalue weighted by molar-refractivity contribution is 7.99. The molecule has 0 bridgehead atoms. The first-order chi connectivity index (χ1) is 9.61. The normalized spacial score (nSPS) is 21.4. The van der Waals surface area contributed by atoms with E-state index >= 15 is 0 Å². The highest BCUT2D eigenvalue weighted by atomic mass is 32.2. The van der Waals surface area contributed by atoms with E-state index in [0.717, 1.165) is 11.5 Å². The largest absolute Gasteiger partial charge is 0.481 e. The van der Waals surface area contributed by atoms with Crippen molar-refractivity contribution in [2.24, 2.45) is 5.92 Å². The molecule has 0 spiro atoms. The summed E-state index contributed by atoms with van der Waals surface area (Å²) in [6.07, 6.45) is 1.82. The van der Waals surface area contributed by atoms with Crippen LogP contribution in [0.1, 0.15) is 6.92 Å². The lowest BCUT2D eigenvalue weighted by Crippen LogP contribution is -2.50. The third-order valence-corrected chi connectivity index (χ3v) is 4.09. The molecule has 7 heteroatoms. The Morgan fingerprint density at radius 1 is 1.55 bits per heavy atom. The number of hydrogen-bond acceptors (Lipinski definition) is 4. The van der Waals surface area contributed by atoms with Crippen molar-refractivity contribution in [1.82, 2.24) is 10.2 Å². The summed E-state index contributed by atoms with van der Waals surface area (Å²) in [5, 5.41) is 11.9. The predicted molar refractivity (Wildman–Crippen MR) is 79.0 cm³/mol. The van der Waals surface area contributed by atoms with Crippen molar-refractivity contribution in [3.8, 4) is 0 Å². The van der Waals surface area contributed by atoms with Crippen molar-refractivity contribution in [2.75, 3.05) is 37.8 Å². The summed E-state index contributed by atoms with van der Waals surface area (Å²) in [6.45, 7) is 6.93. The molecule has 2 atom stereocenters. The van der Waals surface area contributed by atoms with Crippen LogP contribution in [0.3, 0.4) is 0 Å². The van der Waals surface area contributed by atoms with Crippen molar-refractivity contribution < 1.29 is 19.4 Å². The molecule has 0 aromatic heterocycles. The first kappa shape index (κ1) is 16.8. The molecule has 0 aliphatic carbocycles. The van der Waals surface area contributed by atoms with E-state index in [9.17, 15) is 9.59 Å². The molecule has 1 aliphatic rings. The molecule has 114 valence electrons. The Bertz CT molecular complexity index is 351. The Morgan fingerprint density at radius 3 is 2.90 bits per heavy atom. The molecular formula is C13H22N2O4S. The van der Waals surface area contributed by atoms with Gasteiger partial charge in [0.2, 0.25) is 0 Å². The number of ether oxygens (including phenoxy) is 1. The standard InChI is InChI=1S/C13H22N2O4S/c1-3-6-20-7-5-14-13(18)15(4-2)11-9-19-8-10(11)12(16)17/h3,10-11H,1,4-9H2,2H3,(H,14,18)(H,16,17). The summed E-state index contributed by atoms with van der Waals surface area (Å²) in [5.41, 5.74) is 0. The molecule has 6 nitrogen and oxygen atoms in total. The molecule has 1 saturated heterocycles. The number of hydrogen-bond donors (Lipinski definition) is 2. The van der Waals surface area contributed by atoms with Crippen molar-refractivity contribution in [2.45, 2.75) is 13.0 Å². The summed E-state index contributed by atoms with van der Waals surface area (Å²) in [4.78, 5) is 24.8. The lowest BCUT2D eigenvalue weighted by molar-refractivity contribution is -0.142. The zero-order chi connectivity index (χ0) is 15.0. The van der Waals surface area contributed by atoms with Gasteiger partial charge in [0.1, 0.15) is 5.92 Å². The van der Waals surface area contributed by atoms with E-state index in [1.54, 1.807) is 16.7 Å². The minimum absolute atomic E-state index is 0.166. The Hall–Kier alpha value is -1.21. The molecule has 2 unspecified atom stereocenters. The number of nitrogens with zero attached hydrogens (tertiary/aromatic N) is 1. The third kappa shape index (κ3) is 4.72. The Kier molecular flexibility index (Phi) is 7.46. The molecule has 0 saturated carbocycles. The smallest absolute Gasteiger partial charge is 0.317 e. The van der Waals surface area contributed by atoms with Crippen LogP contribution in [0.25, 0.3) is 0 Å². The number of likely N-dealkylation sites (N-methyl/N-ethyl adjacent to an activating group) is 1. The average molecular weight is 302 g/mol. The number of carboxylic acids is 1. The molecule has 2 amide bonds. The molecule has 0 aromatic rings. The molecule has 1 rings (SSSR count). The van der Waals surface area contributed by atoms with Crippen LogP contribution in [0.2, 0.25) is 0 Å². The minimum Gasteiger partial charge on any atom is -0.481 e. The second-order valence-electron chi connectivity index (χ2n) is 4.43. The second-order valence-corrected chi connectivity index (χ2v) is 5.58. The Morgan fingerprint density at radius 2 is 2.30 bits per heavy atom. The predicted octanol–water partition coefficient (Wildman–Crippen LogP) is 1.04. The van der Waals surface area contributed by atoms with Gasteiger partial charge in [-0.3, -0.25) is 4.79 Å². The number of nitrogens with one attached hydrogen (secondary N) is 1. The van der Waals surface area contributed by atoms with Gasteiger partial charge in [-0.1, -0.05) is 6.08 Å². The van der Waals surface area contributed by atoms with E-state index in [1.165, 1.54) is 0 Å². The maximum atomic E-state index is 12.1. The van der Waals surface area contributed by atoms with Gasteiger partial charge in [-0.15, -0.1) is 6.58 Å². The lowest BCUT2D eigenvalue weighted by Gasteiger charge is -2.29. The summed E-state index contributed by atoms with van der Waals surface area (Å²) in [7, 11) is 0. The topological polar surface area (TPSA) is 78.9 Å². The van der Waals surface area contributed by atoms with Crippen molar-refractivity contribution in [1.29, 1.82) is 0 Å². The molecule has 1 heterocycles. The van der Waals surface area contributed by atoms with Gasteiger partial charge >= 0.3 is 12.0 Å². The van der Waals surface area contributed by atoms with Crippen LogP contribution in [0, 0.1) is 5.92 Å². The molecule has 0 radical (unpaired) electrons. The van der Waals surface area contributed by atoms with Gasteiger partial charge < -0.3 is 20.1 Å². The summed E-state index contributed by atoms with van der Waals surface area (Å²) >= 11 is 1.68. The first-order valence-electron chi connectivity index (χ1n) is 6.65. The molecule has 1 fully saturated rings. The second kappa shape index (κ2) is 8.86. The zero-order valence-electron chi connectivity index (χ0n) is 11.7. The zero-order valence-corrected chi connectivity index (χ0v) is 12.5. The van der Waals surface area contributed by atoms with Gasteiger partial charge in [-0.2, -0.15) is 11.8 Å². The van der Waals surface area contributed by atoms with Crippen LogP contribution < -0.4 is 5.32 Å². The Labute approximate surface area is 123 Å². The third-order valence-electron chi connectivity index (χ3n) is 3.13. The van der Waals surface area contributed by atoms with Gasteiger partial charge in [-0.25, -0.2) is 4.79 Å². The fraction of sp³-hybridized carbons (Fsp3) is 0.692. The monoisotopic (exact) mass is 302 g/mol. The number of rotatable bonds is 8. The van der Waals surface area contributed by atoms with Crippen LogP contribution >= 0.6 is 11.8 Å². The number of urea groups is 1. The quantitative estimate of drug-likeness (QED) is 0.517. The highest BCUT2D eigenvalue weighted by Crippen LogP contribution is 2.20. The van der Waals surface area contributed by atoms with Crippen LogP contribution in [0.5, 0.6) is 0 Å². The number of amides is 2. The number of thioether (sulfide) groups is 1. The van der Waals surface area contributed by atoms with Crippen LogP contribution in [-0.4, -0.2) is 65.9 Å². The van der Waals surface area contributed by atoms with E-state index in [1.807, 2.05) is 13.0 Å². The molecule has 1 aliphatic heterocycles. The SMILES string of the molecule is C=CCSCCNC(=O)N(CC)C1COCC1C(=O)O. The number of carbonyl (C=O) groups excluding carboxylic acids is 1. The van der Waals surface area contributed by atoms with Crippen LogP contribution in [0.15, 0.2) is 12.7 Å². The Balaban J connectivity index is 2.46.